The fourth-order valence-corrected chi connectivity index (χ4v) is 2.91. The monoisotopic (exact) mass is 330 g/mol. The molecule has 2 aromatic heterocycles. The van der Waals surface area contributed by atoms with E-state index in [1.807, 2.05) is 25.3 Å². The number of rotatable bonds is 2. The van der Waals surface area contributed by atoms with E-state index in [2.05, 4.69) is 15.5 Å². The molecule has 0 aromatic carbocycles. The first-order valence-corrected chi connectivity index (χ1v) is 8.04. The van der Waals surface area contributed by atoms with Crippen molar-refractivity contribution in [3.05, 3.63) is 23.9 Å². The van der Waals surface area contributed by atoms with Crippen LogP contribution in [0, 0.1) is 12.8 Å². The Labute approximate surface area is 140 Å². The van der Waals surface area contributed by atoms with Crippen LogP contribution in [0.1, 0.15) is 18.4 Å². The van der Waals surface area contributed by atoms with Crippen LogP contribution < -0.4 is 5.32 Å². The van der Waals surface area contributed by atoms with E-state index in [4.69, 9.17) is 0 Å². The van der Waals surface area contributed by atoms with Crippen molar-refractivity contribution in [1.82, 2.24) is 24.4 Å². The molecule has 0 spiro atoms. The summed E-state index contributed by atoms with van der Waals surface area (Å²) in [6.45, 7) is 3.17. The number of urea groups is 1. The highest BCUT2D eigenvalue weighted by atomic mass is 16.2. The topological polar surface area (TPSA) is 82.8 Å². The van der Waals surface area contributed by atoms with Gasteiger partial charge >= 0.3 is 6.03 Å². The Hall–Kier alpha value is -2.64. The summed E-state index contributed by atoms with van der Waals surface area (Å²) in [4.78, 5) is 27.8. The maximum Gasteiger partial charge on any atom is 0.319 e. The third-order valence-corrected chi connectivity index (χ3v) is 4.32. The van der Waals surface area contributed by atoms with Crippen LogP contribution in [0.5, 0.6) is 0 Å². The number of nitrogens with zero attached hydrogens (tertiary/aromatic N) is 5. The largest absolute Gasteiger partial charge is 0.331 e. The van der Waals surface area contributed by atoms with Crippen LogP contribution in [-0.2, 0) is 4.79 Å². The van der Waals surface area contributed by atoms with Gasteiger partial charge in [0.2, 0.25) is 11.9 Å². The molecule has 1 aliphatic rings. The second kappa shape index (κ2) is 6.46. The number of anilines is 1. The lowest BCUT2D eigenvalue weighted by Crippen LogP contribution is -2.45. The standard InChI is InChI=1S/C16H22N6O2/c1-11-4-9-22-13(10-11)18-19-15(22)17-14(23)12-5-7-21(8-6-12)16(24)20(2)3/h4,9-10,12H,5-8H2,1-3H3,(H,17,19,23). The predicted octanol–water partition coefficient (Wildman–Crippen LogP) is 1.37. The molecule has 8 heteroatoms. The number of likely N-dealkylation sites (tertiary alicyclic amines) is 1. The molecule has 24 heavy (non-hydrogen) atoms. The van der Waals surface area contributed by atoms with Crippen molar-refractivity contribution >= 4 is 23.5 Å². The van der Waals surface area contributed by atoms with Gasteiger partial charge in [-0.15, -0.1) is 10.2 Å². The minimum Gasteiger partial charge on any atom is -0.331 e. The molecule has 1 aliphatic heterocycles. The normalized spacial score (nSPS) is 15.5. The molecule has 1 fully saturated rings. The second-order valence-electron chi connectivity index (χ2n) is 6.38. The van der Waals surface area contributed by atoms with Gasteiger partial charge in [0.25, 0.3) is 0 Å². The predicted molar refractivity (Wildman–Crippen MR) is 89.7 cm³/mol. The van der Waals surface area contributed by atoms with Crippen molar-refractivity contribution in [2.24, 2.45) is 5.92 Å². The maximum absolute atomic E-state index is 12.5. The van der Waals surface area contributed by atoms with E-state index < -0.39 is 0 Å². The molecule has 128 valence electrons. The number of aromatic nitrogens is 3. The summed E-state index contributed by atoms with van der Waals surface area (Å²) in [6.07, 6.45) is 3.15. The summed E-state index contributed by atoms with van der Waals surface area (Å²) in [7, 11) is 3.47. The average Bonchev–Trinajstić information content (AvgIpc) is 2.96. The lowest BCUT2D eigenvalue weighted by atomic mass is 9.96. The Balaban J connectivity index is 1.62. The Morgan fingerprint density at radius 1 is 1.25 bits per heavy atom. The molecule has 0 atom stereocenters. The number of carbonyl (C=O) groups excluding carboxylic acids is 2. The van der Waals surface area contributed by atoms with Crippen LogP contribution in [0.3, 0.4) is 0 Å². The van der Waals surface area contributed by atoms with Gasteiger partial charge in [0, 0.05) is 39.3 Å². The minimum absolute atomic E-state index is 0.00678. The van der Waals surface area contributed by atoms with Gasteiger partial charge in [-0.25, -0.2) is 4.79 Å². The van der Waals surface area contributed by atoms with E-state index in [1.54, 1.807) is 28.3 Å². The van der Waals surface area contributed by atoms with Gasteiger partial charge in [-0.1, -0.05) is 0 Å². The Kier molecular flexibility index (Phi) is 4.37. The minimum atomic E-state index is -0.117. The van der Waals surface area contributed by atoms with Gasteiger partial charge in [-0.3, -0.25) is 14.5 Å². The second-order valence-corrected chi connectivity index (χ2v) is 6.38. The van der Waals surface area contributed by atoms with Gasteiger partial charge in [-0.05, 0) is 37.5 Å². The number of hydrogen-bond donors (Lipinski definition) is 1. The van der Waals surface area contributed by atoms with E-state index in [0.717, 1.165) is 5.56 Å². The Bertz CT molecular complexity index is 761. The molecule has 0 unspecified atom stereocenters. The van der Waals surface area contributed by atoms with Crippen molar-refractivity contribution in [2.45, 2.75) is 19.8 Å². The van der Waals surface area contributed by atoms with Crippen LogP contribution >= 0.6 is 0 Å². The molecule has 8 nitrogen and oxygen atoms in total. The van der Waals surface area contributed by atoms with Crippen LogP contribution in [0.15, 0.2) is 18.3 Å². The summed E-state index contributed by atoms with van der Waals surface area (Å²) in [5.41, 5.74) is 1.79. The van der Waals surface area contributed by atoms with Crippen molar-refractivity contribution < 1.29 is 9.59 Å². The zero-order chi connectivity index (χ0) is 17.3. The van der Waals surface area contributed by atoms with Crippen LogP contribution in [0.4, 0.5) is 10.7 Å². The summed E-state index contributed by atoms with van der Waals surface area (Å²) in [6, 6.07) is 3.85. The zero-order valence-electron chi connectivity index (χ0n) is 14.2. The first-order chi connectivity index (χ1) is 11.5. The molecule has 0 bridgehead atoms. The molecular weight excluding hydrogens is 308 g/mol. The third-order valence-electron chi connectivity index (χ3n) is 4.32. The number of nitrogens with one attached hydrogen (secondary N) is 1. The molecule has 1 saturated heterocycles. The van der Waals surface area contributed by atoms with Crippen molar-refractivity contribution in [3.63, 3.8) is 0 Å². The van der Waals surface area contributed by atoms with Gasteiger partial charge in [-0.2, -0.15) is 0 Å². The lowest BCUT2D eigenvalue weighted by Gasteiger charge is -2.32. The van der Waals surface area contributed by atoms with Crippen molar-refractivity contribution in [2.75, 3.05) is 32.5 Å². The lowest BCUT2D eigenvalue weighted by molar-refractivity contribution is -0.121. The Morgan fingerprint density at radius 2 is 1.96 bits per heavy atom. The highest BCUT2D eigenvalue weighted by Crippen LogP contribution is 2.20. The Morgan fingerprint density at radius 3 is 2.62 bits per heavy atom. The third kappa shape index (κ3) is 3.17. The molecular formula is C16H22N6O2. The number of fused-ring (bicyclic) bond motifs is 1. The van der Waals surface area contributed by atoms with Gasteiger partial charge in [0.05, 0.1) is 0 Å². The molecule has 3 rings (SSSR count). The van der Waals surface area contributed by atoms with E-state index >= 15 is 0 Å². The molecule has 3 heterocycles. The number of pyridine rings is 1. The smallest absolute Gasteiger partial charge is 0.319 e. The number of carbonyl (C=O) groups is 2. The fraction of sp³-hybridized carbons (Fsp3) is 0.500. The van der Waals surface area contributed by atoms with Gasteiger partial charge < -0.3 is 9.80 Å². The number of amides is 3. The fourth-order valence-electron chi connectivity index (χ4n) is 2.91. The SMILES string of the molecule is Cc1ccn2c(NC(=O)C3CCN(C(=O)N(C)C)CC3)nnc2c1. The number of aryl methyl sites for hydroxylation is 1. The van der Waals surface area contributed by atoms with Crippen molar-refractivity contribution in [3.8, 4) is 0 Å². The highest BCUT2D eigenvalue weighted by molar-refractivity contribution is 5.91. The first kappa shape index (κ1) is 16.2. The zero-order valence-corrected chi connectivity index (χ0v) is 14.2. The van der Waals surface area contributed by atoms with Crippen LogP contribution in [0.25, 0.3) is 5.65 Å². The van der Waals surface area contributed by atoms with Crippen molar-refractivity contribution in [1.29, 1.82) is 0 Å². The van der Waals surface area contributed by atoms with Crippen LogP contribution in [-0.4, -0.2) is 63.5 Å². The summed E-state index contributed by atoms with van der Waals surface area (Å²) < 4.78 is 1.76. The average molecular weight is 330 g/mol. The summed E-state index contributed by atoms with van der Waals surface area (Å²) in [5.74, 6) is 0.248. The molecule has 0 saturated carbocycles. The van der Waals surface area contributed by atoms with E-state index in [1.165, 1.54) is 0 Å². The quantitative estimate of drug-likeness (QED) is 0.901. The first-order valence-electron chi connectivity index (χ1n) is 8.04. The highest BCUT2D eigenvalue weighted by Gasteiger charge is 2.28. The number of piperidine rings is 1. The van der Waals surface area contributed by atoms with E-state index in [9.17, 15) is 9.59 Å². The summed E-state index contributed by atoms with van der Waals surface area (Å²) in [5, 5.41) is 11.0. The van der Waals surface area contributed by atoms with E-state index in [0.29, 0.717) is 37.5 Å². The van der Waals surface area contributed by atoms with Gasteiger partial charge in [0.1, 0.15) is 0 Å². The maximum atomic E-state index is 12.5. The molecule has 1 N–H and O–H groups in total. The van der Waals surface area contributed by atoms with E-state index in [-0.39, 0.29) is 17.9 Å². The molecule has 0 radical (unpaired) electrons. The molecule has 0 aliphatic carbocycles. The number of hydrogen-bond acceptors (Lipinski definition) is 4. The molecule has 3 amide bonds. The van der Waals surface area contributed by atoms with Crippen LogP contribution in [0.2, 0.25) is 0 Å². The molecule has 2 aromatic rings. The van der Waals surface area contributed by atoms with Gasteiger partial charge in [0.15, 0.2) is 5.65 Å². The summed E-state index contributed by atoms with van der Waals surface area (Å²) >= 11 is 0.